The van der Waals surface area contributed by atoms with Gasteiger partial charge in [-0.15, -0.1) is 0 Å². The minimum Gasteiger partial charge on any atom is -0.458 e. The van der Waals surface area contributed by atoms with E-state index in [1.54, 1.807) is 19.9 Å². The molecule has 0 bridgehead atoms. The fourth-order valence-corrected chi connectivity index (χ4v) is 6.08. The first-order chi connectivity index (χ1) is 18.4. The number of aromatic nitrogens is 2. The number of esters is 1. The summed E-state index contributed by atoms with van der Waals surface area (Å²) < 4.78 is 36.2. The Morgan fingerprint density at radius 2 is 2.05 bits per heavy atom. The molecule has 4 heterocycles. The molecule has 0 saturated carbocycles. The molecule has 1 aliphatic carbocycles. The van der Waals surface area contributed by atoms with E-state index < -0.39 is 47.2 Å². The van der Waals surface area contributed by atoms with Gasteiger partial charge in [0.1, 0.15) is 12.4 Å². The Labute approximate surface area is 221 Å². The lowest BCUT2D eigenvalue weighted by Crippen LogP contribution is -2.46. The number of aryl methyl sites for hydroxylation is 1. The maximum Gasteiger partial charge on any atom is 0.343 e. The van der Waals surface area contributed by atoms with E-state index in [0.717, 1.165) is 12.5 Å². The van der Waals surface area contributed by atoms with Gasteiger partial charge in [0.15, 0.2) is 5.60 Å². The van der Waals surface area contributed by atoms with E-state index in [-0.39, 0.29) is 30.7 Å². The van der Waals surface area contributed by atoms with E-state index in [2.05, 4.69) is 5.32 Å². The number of ether oxygens (including phenoxy) is 1. The number of pyridine rings is 2. The van der Waals surface area contributed by atoms with Gasteiger partial charge in [0.05, 0.1) is 41.7 Å². The topological polar surface area (TPSA) is 131 Å². The second-order valence-electron chi connectivity index (χ2n) is 10.7. The van der Waals surface area contributed by atoms with Crippen LogP contribution in [0, 0.1) is 12.7 Å². The number of nitrogens with one attached hydrogen (secondary N) is 1. The number of aliphatic hydroxyl groups is 2. The molecule has 0 spiro atoms. The zero-order chi connectivity index (χ0) is 28.0. The van der Waals surface area contributed by atoms with Crippen LogP contribution in [0.15, 0.2) is 16.9 Å². The molecular weight excluding hydrogens is 512 g/mol. The molecule has 1 aromatic carbocycles. The van der Waals surface area contributed by atoms with Crippen molar-refractivity contribution in [1.82, 2.24) is 14.9 Å². The van der Waals surface area contributed by atoms with Crippen molar-refractivity contribution in [1.29, 1.82) is 0 Å². The number of carbonyl (C=O) groups excluding carboxylic acids is 2. The summed E-state index contributed by atoms with van der Waals surface area (Å²) in [6.45, 7) is 3.06. The summed E-state index contributed by atoms with van der Waals surface area (Å²) in [5, 5.41) is 23.9. The highest BCUT2D eigenvalue weighted by Gasteiger charge is 2.46. The molecule has 2 aromatic heterocycles. The van der Waals surface area contributed by atoms with Crippen molar-refractivity contribution >= 4 is 22.8 Å². The molecule has 11 heteroatoms. The molecule has 3 N–H and O–H groups in total. The molecule has 3 aromatic rings. The minimum absolute atomic E-state index is 0.0141. The van der Waals surface area contributed by atoms with Gasteiger partial charge in [-0.1, -0.05) is 6.92 Å². The molecule has 1 amide bonds. The number of fused-ring (bicyclic) bond motifs is 5. The largest absolute Gasteiger partial charge is 0.458 e. The monoisotopic (exact) mass is 539 g/mol. The third kappa shape index (κ3) is 3.42. The van der Waals surface area contributed by atoms with Crippen LogP contribution in [0.3, 0.4) is 0 Å². The van der Waals surface area contributed by atoms with Crippen molar-refractivity contribution in [3.8, 4) is 11.4 Å². The summed E-state index contributed by atoms with van der Waals surface area (Å²) in [5.74, 6) is -2.27. The minimum atomic E-state index is -2.51. The number of carbonyl (C=O) groups is 2. The van der Waals surface area contributed by atoms with E-state index in [4.69, 9.17) is 9.72 Å². The lowest BCUT2D eigenvalue weighted by Gasteiger charge is -2.31. The molecule has 39 heavy (non-hydrogen) atoms. The van der Waals surface area contributed by atoms with Crippen molar-refractivity contribution in [3.63, 3.8) is 0 Å². The maximum absolute atomic E-state index is 15.0. The van der Waals surface area contributed by atoms with E-state index in [1.165, 1.54) is 10.6 Å². The Morgan fingerprint density at radius 1 is 1.31 bits per heavy atom. The summed E-state index contributed by atoms with van der Waals surface area (Å²) in [6, 6.07) is 2.17. The van der Waals surface area contributed by atoms with Gasteiger partial charge >= 0.3 is 5.97 Å². The third-order valence-corrected chi connectivity index (χ3v) is 8.45. The highest BCUT2D eigenvalue weighted by molar-refractivity contribution is 5.94. The van der Waals surface area contributed by atoms with Crippen molar-refractivity contribution < 1.29 is 33.3 Å². The average molecular weight is 540 g/mol. The average Bonchev–Trinajstić information content (AvgIpc) is 3.28. The Hall–Kier alpha value is -3.70. The van der Waals surface area contributed by atoms with Gasteiger partial charge in [0.2, 0.25) is 5.67 Å². The van der Waals surface area contributed by atoms with Crippen LogP contribution in [0.4, 0.5) is 8.78 Å². The van der Waals surface area contributed by atoms with Crippen LogP contribution < -0.4 is 10.9 Å². The van der Waals surface area contributed by atoms with Gasteiger partial charge in [-0.25, -0.2) is 18.6 Å². The molecule has 0 unspecified atom stereocenters. The number of halogens is 2. The van der Waals surface area contributed by atoms with Gasteiger partial charge in [-0.05, 0) is 55.9 Å². The van der Waals surface area contributed by atoms with Gasteiger partial charge in [0, 0.05) is 22.6 Å². The fraction of sp³-hybridized carbons (Fsp3) is 0.429. The van der Waals surface area contributed by atoms with Crippen LogP contribution in [0.25, 0.3) is 22.3 Å². The van der Waals surface area contributed by atoms with Gasteiger partial charge in [-0.3, -0.25) is 9.59 Å². The molecule has 6 rings (SSSR count). The number of hydrogen-bond donors (Lipinski definition) is 3. The normalized spacial score (nSPS) is 22.5. The zero-order valence-electron chi connectivity index (χ0n) is 21.7. The second-order valence-corrected chi connectivity index (χ2v) is 10.7. The maximum atomic E-state index is 15.0. The van der Waals surface area contributed by atoms with Crippen molar-refractivity contribution in [2.45, 2.75) is 70.5 Å². The van der Waals surface area contributed by atoms with Crippen molar-refractivity contribution in [2.75, 3.05) is 6.61 Å². The molecule has 9 nitrogen and oxygen atoms in total. The molecule has 3 aliphatic rings. The summed E-state index contributed by atoms with van der Waals surface area (Å²) in [7, 11) is 0. The number of rotatable bonds is 4. The smallest absolute Gasteiger partial charge is 0.343 e. The second kappa shape index (κ2) is 8.40. The lowest BCUT2D eigenvalue weighted by atomic mass is 9.81. The van der Waals surface area contributed by atoms with Gasteiger partial charge < -0.3 is 24.8 Å². The van der Waals surface area contributed by atoms with Crippen LogP contribution in [0.5, 0.6) is 0 Å². The van der Waals surface area contributed by atoms with Gasteiger partial charge in [-0.2, -0.15) is 0 Å². The van der Waals surface area contributed by atoms with Crippen LogP contribution in [-0.4, -0.2) is 43.9 Å². The zero-order valence-corrected chi connectivity index (χ0v) is 21.7. The van der Waals surface area contributed by atoms with Crippen molar-refractivity contribution in [3.05, 3.63) is 61.7 Å². The summed E-state index contributed by atoms with van der Waals surface area (Å²) in [4.78, 5) is 43.6. The van der Waals surface area contributed by atoms with E-state index in [1.807, 2.05) is 0 Å². The number of alkyl halides is 1. The SMILES string of the molecule is CC[C@@]1(O)C(=O)OCc2c1cc1n(c2=O)Cc2c-1nc1cc(F)c(C)c3c1c2[C@@H](NC(=O)[C@](C)(F)CO)CC3. The van der Waals surface area contributed by atoms with Crippen LogP contribution in [0.2, 0.25) is 0 Å². The van der Waals surface area contributed by atoms with Crippen LogP contribution in [-0.2, 0) is 39.5 Å². The van der Waals surface area contributed by atoms with Gasteiger partial charge in [0.25, 0.3) is 11.5 Å². The summed E-state index contributed by atoms with van der Waals surface area (Å²) in [5.41, 5.74) is -1.23. The fourth-order valence-electron chi connectivity index (χ4n) is 6.08. The molecule has 3 atom stereocenters. The number of hydrogen-bond acceptors (Lipinski definition) is 7. The van der Waals surface area contributed by atoms with E-state index in [0.29, 0.717) is 51.8 Å². The predicted octanol–water partition coefficient (Wildman–Crippen LogP) is 2.35. The number of cyclic esters (lactones) is 1. The predicted molar refractivity (Wildman–Crippen MR) is 135 cm³/mol. The Bertz CT molecular complexity index is 1680. The number of nitrogens with zero attached hydrogens (tertiary/aromatic N) is 2. The highest BCUT2D eigenvalue weighted by atomic mass is 19.1. The lowest BCUT2D eigenvalue weighted by molar-refractivity contribution is -0.172. The van der Waals surface area contributed by atoms with Crippen LogP contribution >= 0.6 is 0 Å². The summed E-state index contributed by atoms with van der Waals surface area (Å²) >= 11 is 0. The molecule has 2 aliphatic heterocycles. The molecule has 204 valence electrons. The molecule has 0 fully saturated rings. The first-order valence-electron chi connectivity index (χ1n) is 12.8. The quantitative estimate of drug-likeness (QED) is 0.340. The number of benzene rings is 1. The molecular formula is C28H27F2N3O6. The number of aliphatic hydroxyl groups excluding tert-OH is 1. The Balaban J connectivity index is 1.62. The van der Waals surface area contributed by atoms with E-state index in [9.17, 15) is 33.4 Å². The standard InChI is InChI=1S/C28H27F2N3O6/c1-4-28(38)16-7-20-23-14(9-33(20)24(35)15(16)10-39-26(28)37)22-18(32-25(36)27(3,30)11-34)6-5-13-12(2)17(29)8-19(31-23)21(13)22/h7-8,18,34,38H,4-6,9-11H2,1-3H3,(H,32,36)/t18-,27+,28-/m0/s1. The Kier molecular flexibility index (Phi) is 5.51. The number of amides is 1. The van der Waals surface area contributed by atoms with E-state index >= 15 is 0 Å². The first kappa shape index (κ1) is 25.6. The third-order valence-electron chi connectivity index (χ3n) is 8.45. The summed E-state index contributed by atoms with van der Waals surface area (Å²) in [6.07, 6.45) is 0.736. The van der Waals surface area contributed by atoms with Crippen LogP contribution in [0.1, 0.15) is 66.1 Å². The molecule has 0 radical (unpaired) electrons. The van der Waals surface area contributed by atoms with Crippen molar-refractivity contribution in [2.24, 2.45) is 0 Å². The Morgan fingerprint density at radius 3 is 2.74 bits per heavy atom. The molecule has 0 saturated heterocycles. The first-order valence-corrected chi connectivity index (χ1v) is 12.8. The highest BCUT2D eigenvalue weighted by Crippen LogP contribution is 2.46.